The van der Waals surface area contributed by atoms with Crippen LogP contribution in [0.3, 0.4) is 0 Å². The SMILES string of the molecule is ONCCc1cc2ccccc2s1. The summed E-state index contributed by atoms with van der Waals surface area (Å²) in [5.74, 6) is 0. The number of benzene rings is 1. The Labute approximate surface area is 80.8 Å². The highest BCUT2D eigenvalue weighted by Crippen LogP contribution is 2.25. The van der Waals surface area contributed by atoms with Crippen molar-refractivity contribution in [1.82, 2.24) is 5.48 Å². The van der Waals surface area contributed by atoms with Crippen molar-refractivity contribution < 1.29 is 5.21 Å². The van der Waals surface area contributed by atoms with Crippen molar-refractivity contribution in [1.29, 1.82) is 0 Å². The van der Waals surface area contributed by atoms with Gasteiger partial charge < -0.3 is 5.21 Å². The molecular formula is C10H11NOS. The van der Waals surface area contributed by atoms with E-state index < -0.39 is 0 Å². The molecule has 2 N–H and O–H groups in total. The monoisotopic (exact) mass is 193 g/mol. The van der Waals surface area contributed by atoms with Gasteiger partial charge in [0.15, 0.2) is 0 Å². The Hall–Kier alpha value is -0.900. The third kappa shape index (κ3) is 1.88. The van der Waals surface area contributed by atoms with Gasteiger partial charge in [0.25, 0.3) is 0 Å². The maximum atomic E-state index is 8.46. The summed E-state index contributed by atoms with van der Waals surface area (Å²) in [6.45, 7) is 0.618. The first kappa shape index (κ1) is 8.69. The molecule has 0 unspecified atom stereocenters. The second-order valence-corrected chi connectivity index (χ2v) is 4.08. The number of rotatable bonds is 3. The summed E-state index contributed by atoms with van der Waals surface area (Å²) < 4.78 is 1.32. The summed E-state index contributed by atoms with van der Waals surface area (Å²) in [6.07, 6.45) is 0.885. The van der Waals surface area contributed by atoms with Gasteiger partial charge in [0, 0.05) is 16.1 Å². The third-order valence-electron chi connectivity index (χ3n) is 1.96. The van der Waals surface area contributed by atoms with Crippen LogP contribution in [0.2, 0.25) is 0 Å². The normalized spacial score (nSPS) is 10.8. The molecule has 0 saturated carbocycles. The van der Waals surface area contributed by atoms with Crippen LogP contribution in [-0.4, -0.2) is 11.8 Å². The first-order valence-corrected chi connectivity index (χ1v) is 5.06. The molecule has 2 nitrogen and oxygen atoms in total. The van der Waals surface area contributed by atoms with E-state index in [4.69, 9.17) is 5.21 Å². The zero-order valence-corrected chi connectivity index (χ0v) is 7.97. The average Bonchev–Trinajstić information content (AvgIpc) is 2.57. The van der Waals surface area contributed by atoms with Gasteiger partial charge in [-0.25, -0.2) is 5.48 Å². The number of hydroxylamine groups is 1. The molecule has 0 atom stereocenters. The molecule has 1 aromatic heterocycles. The van der Waals surface area contributed by atoms with E-state index in [9.17, 15) is 0 Å². The van der Waals surface area contributed by atoms with Gasteiger partial charge in [0.05, 0.1) is 0 Å². The van der Waals surface area contributed by atoms with E-state index in [1.165, 1.54) is 15.0 Å². The van der Waals surface area contributed by atoms with Crippen LogP contribution in [-0.2, 0) is 6.42 Å². The number of fused-ring (bicyclic) bond motifs is 1. The molecule has 0 amide bonds. The highest BCUT2D eigenvalue weighted by molar-refractivity contribution is 7.19. The van der Waals surface area contributed by atoms with Crippen molar-refractivity contribution in [2.24, 2.45) is 0 Å². The lowest BCUT2D eigenvalue weighted by Crippen LogP contribution is -2.10. The molecule has 0 saturated heterocycles. The summed E-state index contributed by atoms with van der Waals surface area (Å²) in [5.41, 5.74) is 2.17. The second-order valence-electron chi connectivity index (χ2n) is 2.91. The fourth-order valence-electron chi connectivity index (χ4n) is 1.34. The zero-order chi connectivity index (χ0) is 9.10. The Morgan fingerprint density at radius 1 is 1.31 bits per heavy atom. The maximum Gasteiger partial charge on any atom is 0.0345 e. The molecule has 0 aliphatic heterocycles. The summed E-state index contributed by atoms with van der Waals surface area (Å²) in [5, 5.41) is 9.75. The molecule has 68 valence electrons. The number of nitrogens with one attached hydrogen (secondary N) is 1. The van der Waals surface area contributed by atoms with E-state index in [-0.39, 0.29) is 0 Å². The summed E-state index contributed by atoms with van der Waals surface area (Å²) in [6, 6.07) is 10.5. The van der Waals surface area contributed by atoms with Crippen LogP contribution in [0.15, 0.2) is 30.3 Å². The molecule has 1 aromatic carbocycles. The first-order chi connectivity index (χ1) is 6.40. The van der Waals surface area contributed by atoms with E-state index in [2.05, 4.69) is 23.7 Å². The molecule has 0 bridgehead atoms. The van der Waals surface area contributed by atoms with Crippen molar-refractivity contribution in [3.8, 4) is 0 Å². The van der Waals surface area contributed by atoms with Crippen molar-refractivity contribution in [3.63, 3.8) is 0 Å². The molecule has 3 heteroatoms. The minimum atomic E-state index is 0.618. The molecule has 2 aromatic rings. The molecular weight excluding hydrogens is 182 g/mol. The van der Waals surface area contributed by atoms with Crippen LogP contribution in [0.25, 0.3) is 10.1 Å². The Balaban J connectivity index is 2.28. The predicted octanol–water partition coefficient (Wildman–Crippen LogP) is 2.42. The topological polar surface area (TPSA) is 32.3 Å². The van der Waals surface area contributed by atoms with Crippen LogP contribution in [0.5, 0.6) is 0 Å². The van der Waals surface area contributed by atoms with Crippen molar-refractivity contribution in [2.75, 3.05) is 6.54 Å². The summed E-state index contributed by atoms with van der Waals surface area (Å²) in [4.78, 5) is 1.31. The van der Waals surface area contributed by atoms with E-state index >= 15 is 0 Å². The van der Waals surface area contributed by atoms with Crippen LogP contribution in [0, 0.1) is 0 Å². The quantitative estimate of drug-likeness (QED) is 0.734. The molecule has 0 aliphatic rings. The minimum Gasteiger partial charge on any atom is -0.317 e. The second kappa shape index (κ2) is 3.87. The lowest BCUT2D eigenvalue weighted by Gasteiger charge is -1.92. The molecule has 1 heterocycles. The van der Waals surface area contributed by atoms with Crippen molar-refractivity contribution in [3.05, 3.63) is 35.2 Å². The Morgan fingerprint density at radius 2 is 2.15 bits per heavy atom. The van der Waals surface area contributed by atoms with Gasteiger partial charge >= 0.3 is 0 Å². The van der Waals surface area contributed by atoms with Crippen LogP contribution in [0.1, 0.15) is 4.88 Å². The Bertz CT molecular complexity index is 363. The van der Waals surface area contributed by atoms with Gasteiger partial charge in [-0.2, -0.15) is 0 Å². The molecule has 0 fully saturated rings. The van der Waals surface area contributed by atoms with E-state index in [0.717, 1.165) is 6.42 Å². The minimum absolute atomic E-state index is 0.618. The largest absolute Gasteiger partial charge is 0.317 e. The van der Waals surface area contributed by atoms with Crippen LogP contribution < -0.4 is 5.48 Å². The van der Waals surface area contributed by atoms with E-state index in [1.807, 2.05) is 12.1 Å². The standard InChI is InChI=1S/C10H11NOS/c12-11-6-5-9-7-8-3-1-2-4-10(8)13-9/h1-4,7,11-12H,5-6H2. The van der Waals surface area contributed by atoms with E-state index in [1.54, 1.807) is 11.3 Å². The van der Waals surface area contributed by atoms with Crippen molar-refractivity contribution >= 4 is 21.4 Å². The summed E-state index contributed by atoms with van der Waals surface area (Å²) >= 11 is 1.79. The number of thiophene rings is 1. The molecule has 0 radical (unpaired) electrons. The highest BCUT2D eigenvalue weighted by atomic mass is 32.1. The molecule has 13 heavy (non-hydrogen) atoms. The van der Waals surface area contributed by atoms with Gasteiger partial charge in [0.1, 0.15) is 0 Å². The molecule has 0 spiro atoms. The fourth-order valence-corrected chi connectivity index (χ4v) is 2.40. The predicted molar refractivity (Wildman–Crippen MR) is 55.3 cm³/mol. The maximum absolute atomic E-state index is 8.46. The lowest BCUT2D eigenvalue weighted by atomic mass is 10.2. The van der Waals surface area contributed by atoms with E-state index in [0.29, 0.717) is 6.54 Å². The fraction of sp³-hybridized carbons (Fsp3) is 0.200. The van der Waals surface area contributed by atoms with Gasteiger partial charge in [-0.15, -0.1) is 11.3 Å². The van der Waals surface area contributed by atoms with Gasteiger partial charge in [-0.1, -0.05) is 18.2 Å². The van der Waals surface area contributed by atoms with Gasteiger partial charge in [0.2, 0.25) is 0 Å². The van der Waals surface area contributed by atoms with Crippen LogP contribution >= 0.6 is 11.3 Å². The van der Waals surface area contributed by atoms with Gasteiger partial charge in [-0.3, -0.25) is 0 Å². The Morgan fingerprint density at radius 3 is 2.92 bits per heavy atom. The first-order valence-electron chi connectivity index (χ1n) is 4.24. The average molecular weight is 193 g/mol. The highest BCUT2D eigenvalue weighted by Gasteiger charge is 1.99. The summed E-state index contributed by atoms with van der Waals surface area (Å²) in [7, 11) is 0. The third-order valence-corrected chi connectivity index (χ3v) is 3.14. The molecule has 2 rings (SSSR count). The number of hydrogen-bond donors (Lipinski definition) is 2. The van der Waals surface area contributed by atoms with Crippen molar-refractivity contribution in [2.45, 2.75) is 6.42 Å². The van der Waals surface area contributed by atoms with Gasteiger partial charge in [-0.05, 0) is 23.9 Å². The lowest BCUT2D eigenvalue weighted by molar-refractivity contribution is 0.168. The van der Waals surface area contributed by atoms with Crippen LogP contribution in [0.4, 0.5) is 0 Å². The number of hydrogen-bond acceptors (Lipinski definition) is 3. The zero-order valence-electron chi connectivity index (χ0n) is 7.16. The molecule has 0 aliphatic carbocycles. The smallest absolute Gasteiger partial charge is 0.0345 e. The Kier molecular flexibility index (Phi) is 2.59.